The lowest BCUT2D eigenvalue weighted by atomic mass is 9.86. The highest BCUT2D eigenvalue weighted by Gasteiger charge is 2.33. The van der Waals surface area contributed by atoms with Crippen molar-refractivity contribution in [1.82, 2.24) is 5.32 Å². The molecule has 0 aliphatic carbocycles. The number of rotatable bonds is 4. The highest BCUT2D eigenvalue weighted by Crippen LogP contribution is 2.41. The molecule has 118 valence electrons. The second-order valence-electron chi connectivity index (χ2n) is 5.64. The van der Waals surface area contributed by atoms with Gasteiger partial charge in [0.1, 0.15) is 11.5 Å². The molecule has 1 fully saturated rings. The summed E-state index contributed by atoms with van der Waals surface area (Å²) >= 11 is 6.20. The maximum atomic E-state index is 6.20. The van der Waals surface area contributed by atoms with E-state index in [2.05, 4.69) is 24.1 Å². The summed E-state index contributed by atoms with van der Waals surface area (Å²) in [5.41, 5.74) is 1.05. The molecule has 5 heteroatoms. The molecule has 0 spiro atoms. The van der Waals surface area contributed by atoms with E-state index >= 15 is 0 Å². The Balaban J connectivity index is 2.37. The fourth-order valence-electron chi connectivity index (χ4n) is 3.18. The maximum Gasteiger partial charge on any atom is 0.143 e. The number of halogens is 1. The normalized spacial score (nSPS) is 25.8. The Bertz CT molecular complexity index is 495. The third-order valence-electron chi connectivity index (χ3n) is 4.70. The van der Waals surface area contributed by atoms with Gasteiger partial charge in [-0.15, -0.1) is 0 Å². The first-order chi connectivity index (χ1) is 10.0. The van der Waals surface area contributed by atoms with Crippen molar-refractivity contribution >= 4 is 17.3 Å². The van der Waals surface area contributed by atoms with Crippen LogP contribution in [0, 0.1) is 5.92 Å². The Labute approximate surface area is 132 Å². The summed E-state index contributed by atoms with van der Waals surface area (Å²) in [6.07, 6.45) is 1.11. The van der Waals surface area contributed by atoms with Gasteiger partial charge in [-0.2, -0.15) is 0 Å². The molecule has 1 aromatic rings. The smallest absolute Gasteiger partial charge is 0.143 e. The third-order valence-corrected chi connectivity index (χ3v) is 5.00. The molecule has 1 heterocycles. The fourth-order valence-corrected chi connectivity index (χ4v) is 3.41. The molecule has 1 aliphatic heterocycles. The van der Waals surface area contributed by atoms with Gasteiger partial charge >= 0.3 is 0 Å². The topological polar surface area (TPSA) is 33.7 Å². The summed E-state index contributed by atoms with van der Waals surface area (Å²) in [6, 6.07) is 4.77. The Morgan fingerprint density at radius 1 is 1.19 bits per heavy atom. The fraction of sp³-hybridized carbons (Fsp3) is 0.625. The summed E-state index contributed by atoms with van der Waals surface area (Å²) < 4.78 is 10.9. The van der Waals surface area contributed by atoms with Gasteiger partial charge in [-0.1, -0.05) is 18.5 Å². The van der Waals surface area contributed by atoms with Crippen LogP contribution in [0.25, 0.3) is 0 Å². The van der Waals surface area contributed by atoms with Crippen molar-refractivity contribution in [3.63, 3.8) is 0 Å². The largest absolute Gasteiger partial charge is 0.495 e. The van der Waals surface area contributed by atoms with E-state index in [1.807, 2.05) is 19.2 Å². The Morgan fingerprint density at radius 2 is 1.86 bits per heavy atom. The molecule has 1 aliphatic rings. The van der Waals surface area contributed by atoms with Crippen molar-refractivity contribution < 1.29 is 9.47 Å². The minimum absolute atomic E-state index is 0.413. The molecule has 0 radical (unpaired) electrons. The zero-order valence-corrected chi connectivity index (χ0v) is 14.2. The molecule has 21 heavy (non-hydrogen) atoms. The minimum atomic E-state index is 0.413. The van der Waals surface area contributed by atoms with Gasteiger partial charge in [0.15, 0.2) is 0 Å². The number of anilines is 1. The van der Waals surface area contributed by atoms with E-state index in [-0.39, 0.29) is 0 Å². The second-order valence-corrected chi connectivity index (χ2v) is 6.04. The summed E-state index contributed by atoms with van der Waals surface area (Å²) in [6.45, 7) is 5.53. The first-order valence-corrected chi connectivity index (χ1v) is 7.76. The number of nitrogens with one attached hydrogen (secondary N) is 1. The SMILES string of the molecule is CNC1CCN(c2cc(OC)c(Cl)cc2OC)C(C)C1C. The molecule has 0 bridgehead atoms. The van der Waals surface area contributed by atoms with E-state index in [4.69, 9.17) is 21.1 Å². The standard InChI is InChI=1S/C16H25ClN2O2/c1-10-11(2)19(7-6-13(10)18-3)14-9-15(20-4)12(17)8-16(14)21-5/h8-11,13,18H,6-7H2,1-5H3. The first kappa shape index (κ1) is 16.2. The monoisotopic (exact) mass is 312 g/mol. The average molecular weight is 313 g/mol. The number of methoxy groups -OCH3 is 2. The number of benzene rings is 1. The van der Waals surface area contributed by atoms with Crippen molar-refractivity contribution in [2.45, 2.75) is 32.4 Å². The zero-order valence-electron chi connectivity index (χ0n) is 13.4. The van der Waals surface area contributed by atoms with Crippen LogP contribution in [0.15, 0.2) is 12.1 Å². The number of hydrogen-bond donors (Lipinski definition) is 1. The van der Waals surface area contributed by atoms with Crippen molar-refractivity contribution in [3.05, 3.63) is 17.2 Å². The van der Waals surface area contributed by atoms with Gasteiger partial charge < -0.3 is 19.7 Å². The van der Waals surface area contributed by atoms with Crippen LogP contribution >= 0.6 is 11.6 Å². The first-order valence-electron chi connectivity index (χ1n) is 7.38. The molecule has 1 aromatic carbocycles. The Morgan fingerprint density at radius 3 is 2.43 bits per heavy atom. The van der Waals surface area contributed by atoms with Crippen molar-refractivity contribution in [1.29, 1.82) is 0 Å². The van der Waals surface area contributed by atoms with Gasteiger partial charge in [-0.3, -0.25) is 0 Å². The zero-order chi connectivity index (χ0) is 15.6. The summed E-state index contributed by atoms with van der Waals surface area (Å²) in [4.78, 5) is 2.39. The van der Waals surface area contributed by atoms with Crippen LogP contribution in [0.3, 0.4) is 0 Å². The quantitative estimate of drug-likeness (QED) is 0.926. The maximum absolute atomic E-state index is 6.20. The van der Waals surface area contributed by atoms with Crippen molar-refractivity contribution in [3.8, 4) is 11.5 Å². The minimum Gasteiger partial charge on any atom is -0.495 e. The van der Waals surface area contributed by atoms with Crippen LogP contribution in [0.1, 0.15) is 20.3 Å². The van der Waals surface area contributed by atoms with Crippen molar-refractivity contribution in [2.24, 2.45) is 5.92 Å². The Kier molecular flexibility index (Phi) is 5.22. The number of nitrogens with zero attached hydrogens (tertiary/aromatic N) is 1. The van der Waals surface area contributed by atoms with Crippen LogP contribution < -0.4 is 19.7 Å². The highest BCUT2D eigenvalue weighted by molar-refractivity contribution is 6.32. The van der Waals surface area contributed by atoms with E-state index in [1.54, 1.807) is 14.2 Å². The second kappa shape index (κ2) is 6.75. The third kappa shape index (κ3) is 3.06. The van der Waals surface area contributed by atoms with Gasteiger partial charge in [0.2, 0.25) is 0 Å². The molecule has 2 rings (SSSR count). The van der Waals surface area contributed by atoms with Crippen LogP contribution in [0.2, 0.25) is 5.02 Å². The van der Waals surface area contributed by atoms with E-state index in [9.17, 15) is 0 Å². The predicted molar refractivity (Wildman–Crippen MR) is 88.0 cm³/mol. The lowest BCUT2D eigenvalue weighted by Gasteiger charge is -2.44. The molecule has 0 amide bonds. The lowest BCUT2D eigenvalue weighted by molar-refractivity contribution is 0.280. The van der Waals surface area contributed by atoms with Gasteiger partial charge in [0, 0.05) is 30.8 Å². The van der Waals surface area contributed by atoms with E-state index < -0.39 is 0 Å². The van der Waals surface area contributed by atoms with E-state index in [1.165, 1.54) is 0 Å². The van der Waals surface area contributed by atoms with Crippen LogP contribution in [0.4, 0.5) is 5.69 Å². The van der Waals surface area contributed by atoms with Gasteiger partial charge in [-0.25, -0.2) is 0 Å². The van der Waals surface area contributed by atoms with Crippen LogP contribution in [-0.2, 0) is 0 Å². The molecular weight excluding hydrogens is 288 g/mol. The molecule has 1 saturated heterocycles. The molecule has 4 nitrogen and oxygen atoms in total. The molecular formula is C16H25ClN2O2. The summed E-state index contributed by atoms with van der Waals surface area (Å²) in [7, 11) is 5.35. The molecule has 0 aromatic heterocycles. The number of piperidine rings is 1. The molecule has 3 atom stereocenters. The number of ether oxygens (including phenoxy) is 2. The van der Waals surface area contributed by atoms with E-state index in [0.29, 0.717) is 28.8 Å². The average Bonchev–Trinajstić information content (AvgIpc) is 2.50. The van der Waals surface area contributed by atoms with Crippen molar-refractivity contribution in [2.75, 3.05) is 32.7 Å². The van der Waals surface area contributed by atoms with E-state index in [0.717, 1.165) is 24.4 Å². The number of hydrogen-bond acceptors (Lipinski definition) is 4. The lowest BCUT2D eigenvalue weighted by Crippen LogP contribution is -2.52. The summed E-state index contributed by atoms with van der Waals surface area (Å²) in [5, 5.41) is 3.99. The highest BCUT2D eigenvalue weighted by atomic mass is 35.5. The Hall–Kier alpha value is -1.13. The van der Waals surface area contributed by atoms with Gasteiger partial charge in [-0.05, 0) is 26.3 Å². The molecule has 1 N–H and O–H groups in total. The van der Waals surface area contributed by atoms with Crippen LogP contribution in [0.5, 0.6) is 11.5 Å². The van der Waals surface area contributed by atoms with Gasteiger partial charge in [0.05, 0.1) is 24.9 Å². The van der Waals surface area contributed by atoms with Crippen LogP contribution in [-0.4, -0.2) is 39.9 Å². The summed E-state index contributed by atoms with van der Waals surface area (Å²) in [5.74, 6) is 2.03. The molecule has 3 unspecified atom stereocenters. The predicted octanol–water partition coefficient (Wildman–Crippen LogP) is 3.18. The van der Waals surface area contributed by atoms with Gasteiger partial charge in [0.25, 0.3) is 0 Å². The molecule has 0 saturated carbocycles.